The smallest absolute Gasteiger partial charge is 0.326 e. The van der Waals surface area contributed by atoms with Gasteiger partial charge in [0.15, 0.2) is 0 Å². The van der Waals surface area contributed by atoms with Crippen molar-refractivity contribution in [3.05, 3.63) is 0 Å². The Kier molecular flexibility index (Phi) is 7.88. The van der Waals surface area contributed by atoms with Crippen LogP contribution in [0.25, 0.3) is 0 Å². The molecule has 4 atom stereocenters. The van der Waals surface area contributed by atoms with Gasteiger partial charge in [0.25, 0.3) is 0 Å². The predicted molar refractivity (Wildman–Crippen MR) is 81.3 cm³/mol. The van der Waals surface area contributed by atoms with Crippen LogP contribution < -0.4 is 5.32 Å². The second kappa shape index (κ2) is 9.15. The lowest BCUT2D eigenvalue weighted by Crippen LogP contribution is -2.45. The van der Waals surface area contributed by atoms with Crippen LogP contribution in [0.5, 0.6) is 0 Å². The number of carbonyl (C=O) groups excluding carboxylic acids is 1. The largest absolute Gasteiger partial charge is 0.480 e. The molecule has 1 saturated carbocycles. The summed E-state index contributed by atoms with van der Waals surface area (Å²) in [4.78, 5) is 22.7. The summed E-state index contributed by atoms with van der Waals surface area (Å²) in [5.41, 5.74) is 0. The molecule has 134 valence electrons. The number of halogens is 2. The molecule has 4 unspecified atom stereocenters. The first-order valence-electron chi connectivity index (χ1n) is 8.12. The van der Waals surface area contributed by atoms with Gasteiger partial charge in [0, 0.05) is 6.42 Å². The van der Waals surface area contributed by atoms with Crippen LogP contribution in [-0.4, -0.2) is 42.2 Å². The van der Waals surface area contributed by atoms with Crippen molar-refractivity contribution in [1.29, 1.82) is 0 Å². The van der Waals surface area contributed by atoms with Crippen molar-refractivity contribution in [2.24, 2.45) is 17.8 Å². The first kappa shape index (κ1) is 19.8. The number of carbonyl (C=O) groups is 2. The van der Waals surface area contributed by atoms with Crippen LogP contribution in [0.4, 0.5) is 8.78 Å². The fourth-order valence-electron chi connectivity index (χ4n) is 3.12. The number of aliphatic carboxylic acids is 1. The molecular formula is C16H27F2NO4. The van der Waals surface area contributed by atoms with Gasteiger partial charge in [0.2, 0.25) is 12.3 Å². The van der Waals surface area contributed by atoms with E-state index in [0.717, 1.165) is 19.3 Å². The molecule has 0 aromatic carbocycles. The van der Waals surface area contributed by atoms with E-state index < -0.39 is 30.8 Å². The van der Waals surface area contributed by atoms with Crippen LogP contribution in [0.1, 0.15) is 46.5 Å². The second-order valence-corrected chi connectivity index (χ2v) is 6.76. The zero-order valence-corrected chi connectivity index (χ0v) is 13.9. The highest BCUT2D eigenvalue weighted by molar-refractivity contribution is 5.84. The summed E-state index contributed by atoms with van der Waals surface area (Å²) < 4.78 is 30.3. The Morgan fingerprint density at radius 1 is 1.30 bits per heavy atom. The van der Waals surface area contributed by atoms with Crippen molar-refractivity contribution in [3.8, 4) is 0 Å². The molecule has 1 fully saturated rings. The lowest BCUT2D eigenvalue weighted by molar-refractivity contribution is -0.144. The number of hydrogen-bond acceptors (Lipinski definition) is 3. The van der Waals surface area contributed by atoms with Crippen molar-refractivity contribution in [2.75, 3.05) is 6.61 Å². The van der Waals surface area contributed by atoms with Crippen LogP contribution in [0.2, 0.25) is 0 Å². The average Bonchev–Trinajstić information content (AvgIpc) is 2.43. The number of carboxylic acids is 1. The highest BCUT2D eigenvalue weighted by atomic mass is 19.3. The molecule has 0 saturated heterocycles. The van der Waals surface area contributed by atoms with Gasteiger partial charge in [-0.2, -0.15) is 0 Å². The van der Waals surface area contributed by atoms with E-state index in [9.17, 15) is 18.4 Å². The standard InChI is InChI=1S/C16H27F2NO4/c1-9(2)11-5-4-10(3)6-13(11)23-8-15(20)19-12(16(21)22)7-14(17)18/h9-14H,4-8H2,1-3H3,(H,19,20)(H,21,22). The maximum absolute atomic E-state index is 12.3. The summed E-state index contributed by atoms with van der Waals surface area (Å²) in [5, 5.41) is 10.9. The first-order chi connectivity index (χ1) is 10.7. The normalized spacial score (nSPS) is 26.3. The molecule has 1 aliphatic rings. The minimum Gasteiger partial charge on any atom is -0.480 e. The minimum atomic E-state index is -2.79. The molecule has 0 aliphatic heterocycles. The lowest BCUT2D eigenvalue weighted by atomic mass is 9.75. The predicted octanol–water partition coefficient (Wildman–Crippen LogP) is 2.69. The van der Waals surface area contributed by atoms with Gasteiger partial charge in [-0.3, -0.25) is 4.79 Å². The Labute approximate surface area is 135 Å². The van der Waals surface area contributed by atoms with Gasteiger partial charge in [-0.1, -0.05) is 27.2 Å². The SMILES string of the molecule is CC1CCC(C(C)C)C(OCC(=O)NC(CC(F)F)C(=O)O)C1. The van der Waals surface area contributed by atoms with E-state index in [2.05, 4.69) is 26.1 Å². The third-order valence-electron chi connectivity index (χ3n) is 4.44. The molecule has 0 aromatic heterocycles. The number of rotatable bonds is 8. The van der Waals surface area contributed by atoms with Gasteiger partial charge >= 0.3 is 5.97 Å². The molecule has 0 radical (unpaired) electrons. The maximum Gasteiger partial charge on any atom is 0.326 e. The number of nitrogens with one attached hydrogen (secondary N) is 1. The number of alkyl halides is 2. The molecule has 0 bridgehead atoms. The Hall–Kier alpha value is -1.24. The van der Waals surface area contributed by atoms with E-state index in [1.807, 2.05) is 0 Å². The highest BCUT2D eigenvalue weighted by Gasteiger charge is 2.32. The van der Waals surface area contributed by atoms with Crippen LogP contribution in [-0.2, 0) is 14.3 Å². The van der Waals surface area contributed by atoms with Gasteiger partial charge < -0.3 is 15.2 Å². The molecular weight excluding hydrogens is 308 g/mol. The summed E-state index contributed by atoms with van der Waals surface area (Å²) in [5.74, 6) is -0.830. The van der Waals surface area contributed by atoms with E-state index in [4.69, 9.17) is 9.84 Å². The van der Waals surface area contributed by atoms with Gasteiger partial charge in [-0.15, -0.1) is 0 Å². The van der Waals surface area contributed by atoms with E-state index >= 15 is 0 Å². The zero-order chi connectivity index (χ0) is 17.6. The van der Waals surface area contributed by atoms with Gasteiger partial charge in [-0.25, -0.2) is 13.6 Å². The van der Waals surface area contributed by atoms with E-state index in [-0.39, 0.29) is 12.7 Å². The van der Waals surface area contributed by atoms with E-state index in [1.54, 1.807) is 0 Å². The zero-order valence-electron chi connectivity index (χ0n) is 13.9. The Morgan fingerprint density at radius 3 is 2.48 bits per heavy atom. The molecule has 1 rings (SSSR count). The van der Waals surface area contributed by atoms with Crippen LogP contribution in [0.3, 0.4) is 0 Å². The number of ether oxygens (including phenoxy) is 1. The van der Waals surface area contributed by atoms with Gasteiger partial charge in [0.05, 0.1) is 6.10 Å². The lowest BCUT2D eigenvalue weighted by Gasteiger charge is -2.37. The maximum atomic E-state index is 12.3. The summed E-state index contributed by atoms with van der Waals surface area (Å²) in [6.07, 6.45) is -0.727. The Balaban J connectivity index is 2.51. The third-order valence-corrected chi connectivity index (χ3v) is 4.44. The van der Waals surface area contributed by atoms with Crippen LogP contribution in [0.15, 0.2) is 0 Å². The quantitative estimate of drug-likeness (QED) is 0.715. The van der Waals surface area contributed by atoms with Gasteiger partial charge in [-0.05, 0) is 30.6 Å². The van der Waals surface area contributed by atoms with Gasteiger partial charge in [0.1, 0.15) is 12.6 Å². The van der Waals surface area contributed by atoms with Crippen LogP contribution >= 0.6 is 0 Å². The molecule has 23 heavy (non-hydrogen) atoms. The first-order valence-corrected chi connectivity index (χ1v) is 8.12. The van der Waals surface area contributed by atoms with Crippen molar-refractivity contribution < 1.29 is 28.2 Å². The summed E-state index contributed by atoms with van der Waals surface area (Å²) in [6, 6.07) is -1.59. The van der Waals surface area contributed by atoms with E-state index in [1.165, 1.54) is 0 Å². The third kappa shape index (κ3) is 6.81. The van der Waals surface area contributed by atoms with Crippen molar-refractivity contribution in [2.45, 2.75) is 65.0 Å². The number of amides is 1. The molecule has 1 aliphatic carbocycles. The summed E-state index contributed by atoms with van der Waals surface area (Å²) >= 11 is 0. The number of carboxylic acid groups (broad SMARTS) is 1. The molecule has 7 heteroatoms. The second-order valence-electron chi connectivity index (χ2n) is 6.76. The minimum absolute atomic E-state index is 0.0529. The molecule has 1 amide bonds. The fourth-order valence-corrected chi connectivity index (χ4v) is 3.12. The number of hydrogen-bond donors (Lipinski definition) is 2. The Morgan fingerprint density at radius 2 is 1.96 bits per heavy atom. The summed E-state index contributed by atoms with van der Waals surface area (Å²) in [6.45, 7) is 6.06. The molecule has 5 nitrogen and oxygen atoms in total. The molecule has 0 heterocycles. The van der Waals surface area contributed by atoms with Crippen molar-refractivity contribution in [3.63, 3.8) is 0 Å². The fraction of sp³-hybridized carbons (Fsp3) is 0.875. The Bertz CT molecular complexity index is 404. The topological polar surface area (TPSA) is 75.6 Å². The molecule has 0 aromatic rings. The van der Waals surface area contributed by atoms with Crippen molar-refractivity contribution >= 4 is 11.9 Å². The highest BCUT2D eigenvalue weighted by Crippen LogP contribution is 2.35. The average molecular weight is 335 g/mol. The summed E-state index contributed by atoms with van der Waals surface area (Å²) in [7, 11) is 0. The molecule has 2 N–H and O–H groups in total. The van der Waals surface area contributed by atoms with Crippen LogP contribution in [0, 0.1) is 17.8 Å². The van der Waals surface area contributed by atoms with Crippen molar-refractivity contribution in [1.82, 2.24) is 5.32 Å². The van der Waals surface area contributed by atoms with E-state index in [0.29, 0.717) is 17.8 Å². The molecule has 0 spiro atoms. The monoisotopic (exact) mass is 335 g/mol.